The molecule has 0 radical (unpaired) electrons. The largest absolute Gasteiger partial charge is 0.387 e. The SMILES string of the molecule is COC1(OC)C(O)CCC(N=O)C1N=O. The van der Waals surface area contributed by atoms with Crippen molar-refractivity contribution in [3.05, 3.63) is 9.81 Å². The average Bonchev–Trinajstić information content (AvgIpc) is 2.28. The fourth-order valence-electron chi connectivity index (χ4n) is 2.00. The van der Waals surface area contributed by atoms with Gasteiger partial charge in [0.25, 0.3) is 0 Å². The second-order valence-corrected chi connectivity index (χ2v) is 3.45. The van der Waals surface area contributed by atoms with Gasteiger partial charge in [0.05, 0.1) is 0 Å². The Bertz CT molecular complexity index is 243. The lowest BCUT2D eigenvalue weighted by Crippen LogP contribution is -2.61. The molecule has 0 aromatic carbocycles. The van der Waals surface area contributed by atoms with Crippen LogP contribution in [0.4, 0.5) is 0 Å². The second-order valence-electron chi connectivity index (χ2n) is 3.45. The Morgan fingerprint density at radius 1 is 1.20 bits per heavy atom. The summed E-state index contributed by atoms with van der Waals surface area (Å²) in [7, 11) is 2.58. The molecule has 15 heavy (non-hydrogen) atoms. The van der Waals surface area contributed by atoms with E-state index in [1.165, 1.54) is 14.2 Å². The Balaban J connectivity index is 3.04. The first-order valence-corrected chi connectivity index (χ1v) is 4.59. The maximum atomic E-state index is 10.7. The molecule has 0 saturated heterocycles. The summed E-state index contributed by atoms with van der Waals surface area (Å²) < 4.78 is 10.0. The van der Waals surface area contributed by atoms with E-state index in [9.17, 15) is 14.9 Å². The van der Waals surface area contributed by atoms with E-state index in [1.807, 2.05) is 0 Å². The number of aliphatic hydroxyl groups excluding tert-OH is 1. The number of nitroso groups, excluding NO2 is 2. The minimum atomic E-state index is -1.56. The van der Waals surface area contributed by atoms with Gasteiger partial charge in [-0.2, -0.15) is 9.81 Å². The van der Waals surface area contributed by atoms with Crippen LogP contribution in [0.25, 0.3) is 0 Å². The Hall–Kier alpha value is -0.920. The van der Waals surface area contributed by atoms with Crippen LogP contribution in [0.3, 0.4) is 0 Å². The quantitative estimate of drug-likeness (QED) is 0.544. The van der Waals surface area contributed by atoms with Gasteiger partial charge in [-0.3, -0.25) is 0 Å². The normalized spacial score (nSPS) is 34.7. The summed E-state index contributed by atoms with van der Waals surface area (Å²) in [6.45, 7) is 0. The first-order valence-electron chi connectivity index (χ1n) is 4.59. The summed E-state index contributed by atoms with van der Waals surface area (Å²) in [6, 6.07) is -1.93. The molecule has 7 nitrogen and oxygen atoms in total. The second kappa shape index (κ2) is 4.73. The number of aliphatic hydroxyl groups is 1. The number of hydrogen-bond acceptors (Lipinski definition) is 7. The van der Waals surface area contributed by atoms with Gasteiger partial charge in [-0.1, -0.05) is 10.4 Å². The molecule has 1 aliphatic carbocycles. The first kappa shape index (κ1) is 12.2. The molecule has 1 N–H and O–H groups in total. The van der Waals surface area contributed by atoms with Crippen LogP contribution in [-0.2, 0) is 9.47 Å². The predicted molar refractivity (Wildman–Crippen MR) is 51.2 cm³/mol. The summed E-state index contributed by atoms with van der Waals surface area (Å²) in [5, 5.41) is 15.3. The zero-order chi connectivity index (χ0) is 11.5. The molecule has 0 heterocycles. The lowest BCUT2D eigenvalue weighted by atomic mass is 9.83. The van der Waals surface area contributed by atoms with Crippen LogP contribution in [-0.4, -0.2) is 43.3 Å². The van der Waals surface area contributed by atoms with Crippen LogP contribution in [0.15, 0.2) is 10.4 Å². The van der Waals surface area contributed by atoms with Gasteiger partial charge in [0.15, 0.2) is 6.04 Å². The van der Waals surface area contributed by atoms with Gasteiger partial charge in [0.1, 0.15) is 12.1 Å². The summed E-state index contributed by atoms with van der Waals surface area (Å²) in [4.78, 5) is 21.2. The topological polar surface area (TPSA) is 97.6 Å². The summed E-state index contributed by atoms with van der Waals surface area (Å²) in [5.41, 5.74) is 0. The van der Waals surface area contributed by atoms with E-state index in [0.29, 0.717) is 6.42 Å². The molecule has 0 aliphatic heterocycles. The highest BCUT2D eigenvalue weighted by Gasteiger charge is 2.55. The Kier molecular flexibility index (Phi) is 3.83. The zero-order valence-electron chi connectivity index (χ0n) is 8.62. The molecular weight excluding hydrogens is 204 g/mol. The van der Waals surface area contributed by atoms with Crippen molar-refractivity contribution in [2.24, 2.45) is 10.4 Å². The molecule has 0 aromatic rings. The number of nitrogens with zero attached hydrogens (tertiary/aromatic N) is 2. The van der Waals surface area contributed by atoms with Crippen molar-refractivity contribution >= 4 is 0 Å². The number of ether oxygens (including phenoxy) is 2. The molecule has 3 unspecified atom stereocenters. The molecule has 1 fully saturated rings. The highest BCUT2D eigenvalue weighted by Crippen LogP contribution is 2.36. The van der Waals surface area contributed by atoms with Crippen LogP contribution in [0.2, 0.25) is 0 Å². The summed E-state index contributed by atoms with van der Waals surface area (Å²) in [5.74, 6) is -1.56. The van der Waals surface area contributed by atoms with Gasteiger partial charge in [-0.25, -0.2) is 0 Å². The molecule has 0 spiro atoms. The minimum Gasteiger partial charge on any atom is -0.387 e. The van der Waals surface area contributed by atoms with E-state index in [1.54, 1.807) is 0 Å². The predicted octanol–water partition coefficient (Wildman–Crippen LogP) is 0.400. The van der Waals surface area contributed by atoms with Gasteiger partial charge in [-0.15, -0.1) is 0 Å². The van der Waals surface area contributed by atoms with Crippen molar-refractivity contribution in [2.75, 3.05) is 14.2 Å². The monoisotopic (exact) mass is 218 g/mol. The molecule has 1 aliphatic rings. The lowest BCUT2D eigenvalue weighted by Gasteiger charge is -2.42. The molecule has 0 aromatic heterocycles. The highest BCUT2D eigenvalue weighted by atomic mass is 16.7. The van der Waals surface area contributed by atoms with Crippen molar-refractivity contribution in [3.8, 4) is 0 Å². The smallest absolute Gasteiger partial charge is 0.223 e. The summed E-state index contributed by atoms with van der Waals surface area (Å²) >= 11 is 0. The first-order chi connectivity index (χ1) is 7.16. The highest BCUT2D eigenvalue weighted by molar-refractivity contribution is 5.02. The third-order valence-electron chi connectivity index (χ3n) is 2.86. The number of rotatable bonds is 4. The number of hydrogen-bond donors (Lipinski definition) is 1. The van der Waals surface area contributed by atoms with Crippen molar-refractivity contribution in [2.45, 2.75) is 36.8 Å². The van der Waals surface area contributed by atoms with Crippen LogP contribution >= 0.6 is 0 Å². The van der Waals surface area contributed by atoms with Gasteiger partial charge >= 0.3 is 0 Å². The third kappa shape index (κ3) is 1.77. The van der Waals surface area contributed by atoms with E-state index in [2.05, 4.69) is 10.4 Å². The van der Waals surface area contributed by atoms with E-state index >= 15 is 0 Å². The lowest BCUT2D eigenvalue weighted by molar-refractivity contribution is -0.282. The maximum Gasteiger partial charge on any atom is 0.223 e. The fraction of sp³-hybridized carbons (Fsp3) is 1.00. The van der Waals surface area contributed by atoms with Crippen molar-refractivity contribution < 1.29 is 14.6 Å². The fourth-order valence-corrected chi connectivity index (χ4v) is 2.00. The van der Waals surface area contributed by atoms with Gasteiger partial charge < -0.3 is 14.6 Å². The minimum absolute atomic E-state index is 0.282. The van der Waals surface area contributed by atoms with Gasteiger partial charge in [0, 0.05) is 14.2 Å². The molecule has 1 rings (SSSR count). The Morgan fingerprint density at radius 3 is 2.20 bits per heavy atom. The molecule has 0 bridgehead atoms. The Morgan fingerprint density at radius 2 is 1.80 bits per heavy atom. The van der Waals surface area contributed by atoms with E-state index in [-0.39, 0.29) is 6.42 Å². The molecule has 1 saturated carbocycles. The van der Waals surface area contributed by atoms with Crippen LogP contribution in [0, 0.1) is 9.81 Å². The molecule has 7 heteroatoms. The molecule has 3 atom stereocenters. The zero-order valence-corrected chi connectivity index (χ0v) is 8.62. The van der Waals surface area contributed by atoms with Gasteiger partial charge in [0.2, 0.25) is 5.79 Å². The van der Waals surface area contributed by atoms with Crippen LogP contribution in [0.5, 0.6) is 0 Å². The van der Waals surface area contributed by atoms with E-state index in [4.69, 9.17) is 9.47 Å². The third-order valence-corrected chi connectivity index (χ3v) is 2.86. The van der Waals surface area contributed by atoms with Crippen LogP contribution < -0.4 is 0 Å². The molecule has 86 valence electrons. The molecule has 0 amide bonds. The maximum absolute atomic E-state index is 10.7. The van der Waals surface area contributed by atoms with E-state index in [0.717, 1.165) is 0 Å². The van der Waals surface area contributed by atoms with E-state index < -0.39 is 24.0 Å². The van der Waals surface area contributed by atoms with Crippen molar-refractivity contribution in [1.82, 2.24) is 0 Å². The summed E-state index contributed by atoms with van der Waals surface area (Å²) in [6.07, 6.45) is -0.409. The average molecular weight is 218 g/mol. The number of methoxy groups -OCH3 is 2. The van der Waals surface area contributed by atoms with Crippen LogP contribution in [0.1, 0.15) is 12.8 Å². The van der Waals surface area contributed by atoms with Crippen molar-refractivity contribution in [1.29, 1.82) is 0 Å². The van der Waals surface area contributed by atoms with Crippen molar-refractivity contribution in [3.63, 3.8) is 0 Å². The van der Waals surface area contributed by atoms with Gasteiger partial charge in [-0.05, 0) is 12.8 Å². The standard InChI is InChI=1S/C8H14N2O5/c1-14-8(15-2)6(11)4-3-5(9-12)7(8)10-13/h5-7,11H,3-4H2,1-2H3. The molecular formula is C8H14N2O5. The Labute approximate surface area is 86.7 Å².